The summed E-state index contributed by atoms with van der Waals surface area (Å²) >= 11 is -1.75. The van der Waals surface area contributed by atoms with Gasteiger partial charge in [-0.3, -0.25) is 0 Å². The summed E-state index contributed by atoms with van der Waals surface area (Å²) < 4.78 is 2.25. The summed E-state index contributed by atoms with van der Waals surface area (Å²) in [5, 5.41) is 0. The van der Waals surface area contributed by atoms with Crippen LogP contribution in [-0.4, -0.2) is 18.6 Å². The summed E-state index contributed by atoms with van der Waals surface area (Å²) in [4.78, 5) is 0. The standard InChI is InChI=1S/2C7H7.ClH.Sn/c2*1-7-5-3-2-4-6-7;;/h2*2-6H,1H2;1H;/q;;;+1/p-1. The van der Waals surface area contributed by atoms with E-state index in [4.69, 9.17) is 8.92 Å². The van der Waals surface area contributed by atoms with Crippen molar-refractivity contribution >= 4 is 27.6 Å². The van der Waals surface area contributed by atoms with Crippen molar-refractivity contribution in [2.24, 2.45) is 0 Å². The number of hydrogen-bond donors (Lipinski definition) is 0. The molecule has 0 N–H and O–H groups in total. The van der Waals surface area contributed by atoms with Crippen LogP contribution in [0.4, 0.5) is 0 Å². The molecule has 2 heteroatoms. The van der Waals surface area contributed by atoms with Gasteiger partial charge in [-0.05, 0) is 0 Å². The number of hydrogen-bond acceptors (Lipinski definition) is 0. The Kier molecular flexibility index (Phi) is 4.73. The van der Waals surface area contributed by atoms with Gasteiger partial charge in [-0.25, -0.2) is 0 Å². The Bertz CT molecular complexity index is 372. The Morgan fingerprint density at radius 2 is 1.06 bits per heavy atom. The minimum atomic E-state index is -1.75. The Morgan fingerprint density at radius 1 is 0.688 bits per heavy atom. The molecule has 0 amide bonds. The molecule has 0 saturated carbocycles. The minimum absolute atomic E-state index is 1.12. The molecule has 0 aliphatic heterocycles. The maximum absolute atomic E-state index is 6.55. The molecule has 81 valence electrons. The average molecular weight is 336 g/mol. The van der Waals surface area contributed by atoms with Crippen LogP contribution in [0.25, 0.3) is 0 Å². The average Bonchev–Trinajstić information content (AvgIpc) is 2.31. The topological polar surface area (TPSA) is 0 Å². The van der Waals surface area contributed by atoms with E-state index in [9.17, 15) is 0 Å². The zero-order valence-corrected chi connectivity index (χ0v) is 12.7. The monoisotopic (exact) mass is 337 g/mol. The van der Waals surface area contributed by atoms with Crippen LogP contribution in [0, 0.1) is 0 Å². The first-order valence-corrected chi connectivity index (χ1v) is 13.1. The Balaban J connectivity index is 1.92. The zero-order chi connectivity index (χ0) is 11.2. The fourth-order valence-corrected chi connectivity index (χ4v) is 8.00. The van der Waals surface area contributed by atoms with Gasteiger partial charge in [-0.1, -0.05) is 0 Å². The molecule has 2 aromatic rings. The molecule has 0 saturated heterocycles. The molecule has 0 unspecified atom stereocenters. The van der Waals surface area contributed by atoms with Crippen molar-refractivity contribution in [1.29, 1.82) is 0 Å². The van der Waals surface area contributed by atoms with Crippen molar-refractivity contribution < 1.29 is 0 Å². The molecule has 0 nitrogen and oxygen atoms in total. The van der Waals surface area contributed by atoms with Crippen molar-refractivity contribution in [2.75, 3.05) is 0 Å². The second kappa shape index (κ2) is 6.31. The molecule has 0 spiro atoms. The fourth-order valence-electron chi connectivity index (χ4n) is 1.70. The molecule has 2 rings (SSSR count). The van der Waals surface area contributed by atoms with Crippen LogP contribution in [0.15, 0.2) is 60.7 Å². The van der Waals surface area contributed by atoms with Crippen LogP contribution in [0.3, 0.4) is 0 Å². The number of halogens is 1. The molecule has 0 aliphatic rings. The van der Waals surface area contributed by atoms with Gasteiger partial charge in [0.2, 0.25) is 0 Å². The van der Waals surface area contributed by atoms with E-state index in [1.807, 2.05) is 0 Å². The van der Waals surface area contributed by atoms with E-state index in [1.165, 1.54) is 11.1 Å². The van der Waals surface area contributed by atoms with E-state index in [0.29, 0.717) is 0 Å². The normalized spacial score (nSPS) is 10.6. The quantitative estimate of drug-likeness (QED) is 0.746. The third-order valence-electron chi connectivity index (χ3n) is 2.48. The first-order valence-electron chi connectivity index (χ1n) is 5.42. The number of rotatable bonds is 4. The molecular formula is C14H14ClSn. The Hall–Kier alpha value is -0.471. The van der Waals surface area contributed by atoms with Gasteiger partial charge >= 0.3 is 108 Å². The van der Waals surface area contributed by atoms with E-state index < -0.39 is 18.6 Å². The van der Waals surface area contributed by atoms with Gasteiger partial charge in [-0.2, -0.15) is 0 Å². The molecule has 1 radical (unpaired) electrons. The fraction of sp³-hybridized carbons (Fsp3) is 0.143. The van der Waals surface area contributed by atoms with E-state index in [2.05, 4.69) is 60.7 Å². The molecule has 16 heavy (non-hydrogen) atoms. The van der Waals surface area contributed by atoms with Crippen LogP contribution in [0.1, 0.15) is 11.1 Å². The van der Waals surface area contributed by atoms with E-state index >= 15 is 0 Å². The van der Waals surface area contributed by atoms with Crippen molar-refractivity contribution in [1.82, 2.24) is 0 Å². The third kappa shape index (κ3) is 3.84. The second-order valence-electron chi connectivity index (χ2n) is 3.84. The molecule has 0 aromatic heterocycles. The van der Waals surface area contributed by atoms with Crippen LogP contribution in [0.5, 0.6) is 0 Å². The van der Waals surface area contributed by atoms with E-state index in [0.717, 1.165) is 8.87 Å². The molecule has 2 aromatic carbocycles. The van der Waals surface area contributed by atoms with Crippen molar-refractivity contribution in [3.8, 4) is 0 Å². The van der Waals surface area contributed by atoms with Crippen LogP contribution in [-0.2, 0) is 8.87 Å². The zero-order valence-electron chi connectivity index (χ0n) is 9.07. The van der Waals surface area contributed by atoms with Gasteiger partial charge in [-0.15, -0.1) is 0 Å². The van der Waals surface area contributed by atoms with Gasteiger partial charge in [0.15, 0.2) is 0 Å². The summed E-state index contributed by atoms with van der Waals surface area (Å²) in [6.45, 7) is 0. The van der Waals surface area contributed by atoms with Crippen LogP contribution in [0.2, 0.25) is 0 Å². The summed E-state index contributed by atoms with van der Waals surface area (Å²) in [6.07, 6.45) is 0. The third-order valence-corrected chi connectivity index (χ3v) is 8.79. The number of benzene rings is 2. The molecule has 0 fully saturated rings. The summed E-state index contributed by atoms with van der Waals surface area (Å²) in [5.41, 5.74) is 2.78. The molecule has 0 aliphatic carbocycles. The van der Waals surface area contributed by atoms with Crippen LogP contribution >= 0.6 is 8.92 Å². The van der Waals surface area contributed by atoms with Gasteiger partial charge in [0.25, 0.3) is 0 Å². The maximum atomic E-state index is 6.55. The molecule has 0 heterocycles. The van der Waals surface area contributed by atoms with Gasteiger partial charge in [0, 0.05) is 0 Å². The molecule has 0 bridgehead atoms. The predicted molar refractivity (Wildman–Crippen MR) is 71.9 cm³/mol. The molecule has 0 atom stereocenters. The van der Waals surface area contributed by atoms with E-state index in [1.54, 1.807) is 0 Å². The second-order valence-corrected chi connectivity index (χ2v) is 12.4. The van der Waals surface area contributed by atoms with Crippen LogP contribution < -0.4 is 0 Å². The summed E-state index contributed by atoms with van der Waals surface area (Å²) in [7, 11) is 6.55. The van der Waals surface area contributed by atoms with Crippen molar-refractivity contribution in [2.45, 2.75) is 8.87 Å². The van der Waals surface area contributed by atoms with Crippen molar-refractivity contribution in [3.05, 3.63) is 71.8 Å². The summed E-state index contributed by atoms with van der Waals surface area (Å²) in [6, 6.07) is 21.2. The van der Waals surface area contributed by atoms with E-state index in [-0.39, 0.29) is 0 Å². The van der Waals surface area contributed by atoms with Gasteiger partial charge in [0.05, 0.1) is 0 Å². The van der Waals surface area contributed by atoms with Gasteiger partial charge < -0.3 is 0 Å². The predicted octanol–water partition coefficient (Wildman–Crippen LogP) is 3.78. The Labute approximate surface area is 108 Å². The van der Waals surface area contributed by atoms with Crippen molar-refractivity contribution in [3.63, 3.8) is 0 Å². The summed E-state index contributed by atoms with van der Waals surface area (Å²) in [5.74, 6) is 0. The molecular weight excluding hydrogens is 322 g/mol. The first-order chi connectivity index (χ1) is 7.84. The Morgan fingerprint density at radius 3 is 1.44 bits per heavy atom. The first kappa shape index (κ1) is 12.0. The van der Waals surface area contributed by atoms with Gasteiger partial charge in [0.1, 0.15) is 0 Å². The SMILES string of the molecule is [Cl][Sn]([CH2]c1ccccc1)[CH2]c1ccccc1.